The summed E-state index contributed by atoms with van der Waals surface area (Å²) in [6, 6.07) is 5.25. The van der Waals surface area contributed by atoms with Crippen LogP contribution in [0, 0.1) is 23.2 Å². The second kappa shape index (κ2) is 14.2. The Kier molecular flexibility index (Phi) is 11.5. The monoisotopic (exact) mass is 691 g/mol. The van der Waals surface area contributed by atoms with E-state index in [4.69, 9.17) is 0 Å². The number of fused-ring (bicyclic) bond motifs is 5. The van der Waals surface area contributed by atoms with E-state index < -0.39 is 54.5 Å². The van der Waals surface area contributed by atoms with Crippen molar-refractivity contribution in [2.75, 3.05) is 20.1 Å². The summed E-state index contributed by atoms with van der Waals surface area (Å²) in [6.07, 6.45) is -3.67. The summed E-state index contributed by atoms with van der Waals surface area (Å²) in [4.78, 5) is 2.03. The van der Waals surface area contributed by atoms with Gasteiger partial charge in [-0.05, 0) is 118 Å². The van der Waals surface area contributed by atoms with Crippen molar-refractivity contribution < 1.29 is 54.1 Å². The SMILES string of the molecule is CN(CCCCCCC(F)(F)C(F)(F)C(F)(F)C(F)(F)F)CCCCCC1Cc2cc(O)ccc2C2C1C1CC[C@H](O)C1(C)C[C@@H]2F. The minimum absolute atomic E-state index is 0.0155. The van der Waals surface area contributed by atoms with Crippen LogP contribution in [0.2, 0.25) is 0 Å². The van der Waals surface area contributed by atoms with Crippen molar-refractivity contribution in [2.45, 2.75) is 133 Å². The number of phenolic OH excluding ortho intramolecular Hbond substituents is 1. The Hall–Kier alpha value is -1.76. The van der Waals surface area contributed by atoms with Crippen LogP contribution in [0.1, 0.15) is 101 Å². The van der Waals surface area contributed by atoms with Gasteiger partial charge in [0, 0.05) is 12.3 Å². The highest BCUT2D eigenvalue weighted by Gasteiger charge is 2.81. The highest BCUT2D eigenvalue weighted by Crippen LogP contribution is 2.63. The first kappa shape index (κ1) is 38.0. The van der Waals surface area contributed by atoms with Crippen molar-refractivity contribution in [3.8, 4) is 5.75 Å². The first-order valence-corrected chi connectivity index (χ1v) is 16.8. The number of rotatable bonds is 15. The van der Waals surface area contributed by atoms with Gasteiger partial charge in [-0.2, -0.15) is 39.5 Å². The largest absolute Gasteiger partial charge is 0.508 e. The fraction of sp³-hybridized carbons (Fsp3) is 0.824. The maximum atomic E-state index is 15.9. The fourth-order valence-electron chi connectivity index (χ4n) is 8.76. The van der Waals surface area contributed by atoms with E-state index in [1.54, 1.807) is 12.1 Å². The van der Waals surface area contributed by atoms with Gasteiger partial charge in [-0.25, -0.2) is 4.39 Å². The molecule has 3 aliphatic rings. The third-order valence-electron chi connectivity index (χ3n) is 11.4. The maximum absolute atomic E-state index is 15.9. The molecule has 4 rings (SSSR count). The molecule has 0 bridgehead atoms. The van der Waals surface area contributed by atoms with Gasteiger partial charge in [0.1, 0.15) is 11.9 Å². The Balaban J connectivity index is 1.19. The highest BCUT2D eigenvalue weighted by molar-refractivity contribution is 5.41. The second-order valence-electron chi connectivity index (χ2n) is 14.5. The van der Waals surface area contributed by atoms with Crippen LogP contribution in [0.4, 0.5) is 43.9 Å². The van der Waals surface area contributed by atoms with E-state index in [0.717, 1.165) is 56.2 Å². The summed E-state index contributed by atoms with van der Waals surface area (Å²) < 4.78 is 133. The Morgan fingerprint density at radius 3 is 2.11 bits per heavy atom. The molecule has 3 aliphatic carbocycles. The van der Waals surface area contributed by atoms with Crippen LogP contribution in [0.25, 0.3) is 0 Å². The molecule has 2 fully saturated rings. The van der Waals surface area contributed by atoms with Crippen molar-refractivity contribution >= 4 is 0 Å². The number of nitrogens with zero attached hydrogens (tertiary/aromatic N) is 1. The van der Waals surface area contributed by atoms with Gasteiger partial charge in [-0.15, -0.1) is 0 Å². The lowest BCUT2D eigenvalue weighted by Crippen LogP contribution is -2.60. The Labute approximate surface area is 270 Å². The van der Waals surface area contributed by atoms with Crippen LogP contribution >= 0.6 is 0 Å². The molecule has 47 heavy (non-hydrogen) atoms. The van der Waals surface area contributed by atoms with E-state index in [2.05, 4.69) is 0 Å². The number of aliphatic hydroxyl groups excluding tert-OH is 1. The van der Waals surface area contributed by atoms with Crippen molar-refractivity contribution in [3.05, 3.63) is 29.3 Å². The van der Waals surface area contributed by atoms with Crippen LogP contribution < -0.4 is 0 Å². The number of phenols is 1. The molecule has 3 nitrogen and oxygen atoms in total. The summed E-state index contributed by atoms with van der Waals surface area (Å²) in [5.41, 5.74) is 1.54. The number of halogens is 10. The van der Waals surface area contributed by atoms with Gasteiger partial charge in [-0.1, -0.05) is 38.7 Å². The summed E-state index contributed by atoms with van der Waals surface area (Å²) in [7, 11) is 1.87. The van der Waals surface area contributed by atoms with E-state index >= 15 is 4.39 Å². The molecular weight excluding hydrogens is 644 g/mol. The third kappa shape index (κ3) is 7.55. The standard InChI is InChI=1S/C34H47F10NO2/c1-30-20-26(35)29-24-12-11-23(46)19-22(24)18-21(28(29)25(30)13-14-27(30)47)10-6-5-9-17-45(2)16-8-4-3-7-15-31(36,37)32(38,39)33(40,41)34(42,43)44/h11-12,19,21,25-29,46-47H,3-10,13-18,20H2,1-2H3/t21?,25?,26-,27-,28?,29?,30?/m0/s1. The Morgan fingerprint density at radius 1 is 0.851 bits per heavy atom. The number of hydrogen-bond donors (Lipinski definition) is 2. The molecular formula is C34H47F10NO2. The van der Waals surface area contributed by atoms with Gasteiger partial charge in [-0.3, -0.25) is 0 Å². The molecule has 0 aliphatic heterocycles. The van der Waals surface area contributed by atoms with Gasteiger partial charge in [0.2, 0.25) is 0 Å². The zero-order valence-corrected chi connectivity index (χ0v) is 26.9. The van der Waals surface area contributed by atoms with Crippen LogP contribution in [-0.4, -0.2) is 71.5 Å². The molecule has 0 saturated heterocycles. The molecule has 2 saturated carbocycles. The first-order valence-electron chi connectivity index (χ1n) is 16.8. The van der Waals surface area contributed by atoms with Crippen LogP contribution in [0.15, 0.2) is 18.2 Å². The third-order valence-corrected chi connectivity index (χ3v) is 11.4. The molecule has 7 atom stereocenters. The summed E-state index contributed by atoms with van der Waals surface area (Å²) >= 11 is 0. The van der Waals surface area contributed by atoms with Gasteiger partial charge in [0.15, 0.2) is 0 Å². The summed E-state index contributed by atoms with van der Waals surface area (Å²) in [5, 5.41) is 20.9. The van der Waals surface area contributed by atoms with Crippen molar-refractivity contribution in [1.82, 2.24) is 4.90 Å². The molecule has 2 N–H and O–H groups in total. The lowest BCUT2D eigenvalue weighted by molar-refractivity contribution is -0.396. The molecule has 0 radical (unpaired) electrons. The first-order chi connectivity index (χ1) is 21.7. The average molecular weight is 692 g/mol. The number of unbranched alkanes of at least 4 members (excludes halogenated alkanes) is 5. The topological polar surface area (TPSA) is 43.7 Å². The summed E-state index contributed by atoms with van der Waals surface area (Å²) in [6.45, 7) is 3.35. The van der Waals surface area contributed by atoms with Crippen molar-refractivity contribution in [3.63, 3.8) is 0 Å². The molecule has 1 aromatic carbocycles. The smallest absolute Gasteiger partial charge is 0.460 e. The molecule has 0 aromatic heterocycles. The van der Waals surface area contributed by atoms with E-state index in [1.807, 2.05) is 24.9 Å². The summed E-state index contributed by atoms with van der Waals surface area (Å²) in [5.74, 6) is -18.4. The molecule has 1 aromatic rings. The number of alkyl halides is 10. The minimum atomic E-state index is -6.84. The van der Waals surface area contributed by atoms with Gasteiger partial charge in [0.25, 0.3) is 0 Å². The average Bonchev–Trinajstić information content (AvgIpc) is 3.26. The predicted octanol–water partition coefficient (Wildman–Crippen LogP) is 9.69. The van der Waals surface area contributed by atoms with Crippen LogP contribution in [0.3, 0.4) is 0 Å². The number of aliphatic hydroxyl groups is 1. The molecule has 13 heteroatoms. The Bertz CT molecular complexity index is 1190. The molecule has 270 valence electrons. The molecule has 0 amide bonds. The zero-order valence-electron chi connectivity index (χ0n) is 26.9. The van der Waals surface area contributed by atoms with Crippen LogP contribution in [-0.2, 0) is 6.42 Å². The minimum Gasteiger partial charge on any atom is -0.508 e. The zero-order chi connectivity index (χ0) is 35.0. The quantitative estimate of drug-likeness (QED) is 0.142. The fourth-order valence-corrected chi connectivity index (χ4v) is 8.76. The molecule has 0 spiro atoms. The van der Waals surface area contributed by atoms with Crippen molar-refractivity contribution in [1.29, 1.82) is 0 Å². The van der Waals surface area contributed by atoms with E-state index in [0.29, 0.717) is 32.2 Å². The van der Waals surface area contributed by atoms with Gasteiger partial charge >= 0.3 is 23.9 Å². The molecule has 0 heterocycles. The lowest BCUT2D eigenvalue weighted by atomic mass is 9.51. The molecule has 5 unspecified atom stereocenters. The van der Waals surface area contributed by atoms with E-state index in [9.17, 15) is 49.7 Å². The highest BCUT2D eigenvalue weighted by atomic mass is 19.4. The Morgan fingerprint density at radius 2 is 1.47 bits per heavy atom. The second-order valence-corrected chi connectivity index (χ2v) is 14.5. The van der Waals surface area contributed by atoms with Crippen molar-refractivity contribution in [2.24, 2.45) is 23.2 Å². The maximum Gasteiger partial charge on any atom is 0.460 e. The number of hydrogen-bond acceptors (Lipinski definition) is 3. The van der Waals surface area contributed by atoms with E-state index in [-0.39, 0.29) is 35.8 Å². The van der Waals surface area contributed by atoms with Gasteiger partial charge < -0.3 is 15.1 Å². The number of aromatic hydroxyl groups is 1. The predicted molar refractivity (Wildman–Crippen MR) is 158 cm³/mol. The number of benzene rings is 1. The normalized spacial score (nSPS) is 29.9. The van der Waals surface area contributed by atoms with Gasteiger partial charge in [0.05, 0.1) is 6.10 Å². The lowest BCUT2D eigenvalue weighted by Gasteiger charge is -2.54. The van der Waals surface area contributed by atoms with Crippen LogP contribution in [0.5, 0.6) is 5.75 Å². The van der Waals surface area contributed by atoms with E-state index in [1.165, 1.54) is 0 Å².